The first-order chi connectivity index (χ1) is 7.40. The summed E-state index contributed by atoms with van der Waals surface area (Å²) in [6.07, 6.45) is 0.837. The van der Waals surface area contributed by atoms with Crippen LogP contribution in [-0.2, 0) is 4.79 Å². The number of thioether (sulfide) groups is 1. The van der Waals surface area contributed by atoms with Crippen LogP contribution in [0, 0.1) is 0 Å². The average Bonchev–Trinajstić information content (AvgIpc) is 2.76. The van der Waals surface area contributed by atoms with E-state index in [4.69, 9.17) is 0 Å². The van der Waals surface area contributed by atoms with E-state index in [1.54, 1.807) is 0 Å². The molecule has 0 fully saturated rings. The molecule has 0 bridgehead atoms. The first-order valence-corrected chi connectivity index (χ1v) is 5.43. The lowest BCUT2D eigenvalue weighted by Gasteiger charge is -1.92. The molecule has 0 saturated heterocycles. The molecule has 0 amide bonds. The van der Waals surface area contributed by atoms with Gasteiger partial charge in [-0.25, -0.2) is 4.98 Å². The lowest BCUT2D eigenvalue weighted by atomic mass is 10.2. The Morgan fingerprint density at radius 1 is 1.33 bits per heavy atom. The molecule has 1 aromatic carbocycles. The maximum Gasteiger partial charge on any atom is 0.209 e. The Morgan fingerprint density at radius 3 is 2.87 bits per heavy atom. The van der Waals surface area contributed by atoms with E-state index in [-0.39, 0.29) is 0 Å². The van der Waals surface area contributed by atoms with Crippen molar-refractivity contribution in [1.82, 2.24) is 15.2 Å². The summed E-state index contributed by atoms with van der Waals surface area (Å²) in [4.78, 5) is 14.4. The second-order valence-corrected chi connectivity index (χ2v) is 3.80. The molecule has 0 aliphatic carbocycles. The minimum Gasteiger partial charge on any atom is -0.302 e. The third-order valence-corrected chi connectivity index (χ3v) is 2.54. The van der Waals surface area contributed by atoms with Crippen LogP contribution in [0.5, 0.6) is 0 Å². The standard InChI is InChI=1S/C10H9N3OS/c14-6-7-15-10-11-9(12-13-10)8-4-2-1-3-5-8/h1-6H,7H2,(H,11,12,13). The first kappa shape index (κ1) is 9.92. The number of H-pyrrole nitrogens is 1. The molecule has 0 radical (unpaired) electrons. The maximum atomic E-state index is 10.2. The highest BCUT2D eigenvalue weighted by molar-refractivity contribution is 7.99. The van der Waals surface area contributed by atoms with Crippen LogP contribution in [0.4, 0.5) is 0 Å². The van der Waals surface area contributed by atoms with Crippen molar-refractivity contribution in [2.75, 3.05) is 5.75 Å². The average molecular weight is 219 g/mol. The van der Waals surface area contributed by atoms with E-state index in [9.17, 15) is 4.79 Å². The first-order valence-electron chi connectivity index (χ1n) is 4.44. The van der Waals surface area contributed by atoms with E-state index in [0.717, 1.165) is 17.7 Å². The van der Waals surface area contributed by atoms with Crippen LogP contribution in [0.15, 0.2) is 35.5 Å². The lowest BCUT2D eigenvalue weighted by Crippen LogP contribution is -1.81. The van der Waals surface area contributed by atoms with Crippen molar-refractivity contribution in [2.24, 2.45) is 0 Å². The van der Waals surface area contributed by atoms with Crippen molar-refractivity contribution < 1.29 is 4.79 Å². The number of aromatic nitrogens is 3. The van der Waals surface area contributed by atoms with Crippen LogP contribution < -0.4 is 0 Å². The van der Waals surface area contributed by atoms with E-state index in [1.165, 1.54) is 11.8 Å². The van der Waals surface area contributed by atoms with Gasteiger partial charge in [-0.05, 0) is 0 Å². The molecule has 0 saturated carbocycles. The summed E-state index contributed by atoms with van der Waals surface area (Å²) in [5, 5.41) is 7.43. The monoisotopic (exact) mass is 219 g/mol. The van der Waals surface area contributed by atoms with Gasteiger partial charge in [-0.3, -0.25) is 5.10 Å². The Hall–Kier alpha value is -1.62. The molecule has 0 aliphatic heterocycles. The number of aromatic amines is 1. The van der Waals surface area contributed by atoms with Gasteiger partial charge in [0.1, 0.15) is 6.29 Å². The summed E-state index contributed by atoms with van der Waals surface area (Å²) >= 11 is 1.31. The lowest BCUT2D eigenvalue weighted by molar-refractivity contribution is -0.105. The molecule has 2 aromatic rings. The molecule has 1 N–H and O–H groups in total. The van der Waals surface area contributed by atoms with E-state index in [0.29, 0.717) is 10.9 Å². The van der Waals surface area contributed by atoms with Crippen molar-refractivity contribution in [1.29, 1.82) is 0 Å². The van der Waals surface area contributed by atoms with Crippen LogP contribution in [0.3, 0.4) is 0 Å². The van der Waals surface area contributed by atoms with Crippen LogP contribution >= 0.6 is 11.8 Å². The topological polar surface area (TPSA) is 58.6 Å². The Bertz CT molecular complexity index is 441. The summed E-state index contributed by atoms with van der Waals surface area (Å²) in [5.41, 5.74) is 0.989. The third-order valence-electron chi connectivity index (χ3n) is 1.79. The van der Waals surface area contributed by atoms with Crippen molar-refractivity contribution >= 4 is 18.0 Å². The summed E-state index contributed by atoms with van der Waals surface area (Å²) in [7, 11) is 0. The molecular weight excluding hydrogens is 210 g/mol. The molecule has 1 heterocycles. The van der Waals surface area contributed by atoms with Crippen molar-refractivity contribution in [2.45, 2.75) is 5.16 Å². The Labute approximate surface area is 91.1 Å². The molecule has 0 unspecified atom stereocenters. The van der Waals surface area contributed by atoms with Crippen molar-refractivity contribution in [3.05, 3.63) is 30.3 Å². The van der Waals surface area contributed by atoms with Gasteiger partial charge < -0.3 is 4.79 Å². The van der Waals surface area contributed by atoms with Gasteiger partial charge in [0.15, 0.2) is 5.82 Å². The van der Waals surface area contributed by atoms with Gasteiger partial charge in [0.05, 0.1) is 5.75 Å². The number of nitrogens with zero attached hydrogens (tertiary/aromatic N) is 2. The quantitative estimate of drug-likeness (QED) is 0.629. The second-order valence-electron chi connectivity index (χ2n) is 2.81. The van der Waals surface area contributed by atoms with E-state index in [1.807, 2.05) is 30.3 Å². The van der Waals surface area contributed by atoms with Crippen LogP contribution in [0.1, 0.15) is 0 Å². The fraction of sp³-hybridized carbons (Fsp3) is 0.100. The predicted molar refractivity (Wildman–Crippen MR) is 58.6 cm³/mol. The number of carbonyl (C=O) groups excluding carboxylic acids is 1. The van der Waals surface area contributed by atoms with Gasteiger partial charge >= 0.3 is 0 Å². The number of benzene rings is 1. The van der Waals surface area contributed by atoms with Gasteiger partial charge in [0.2, 0.25) is 5.16 Å². The van der Waals surface area contributed by atoms with Gasteiger partial charge in [0.25, 0.3) is 0 Å². The zero-order valence-corrected chi connectivity index (χ0v) is 8.70. The number of rotatable bonds is 4. The summed E-state index contributed by atoms with van der Waals surface area (Å²) in [6.45, 7) is 0. The summed E-state index contributed by atoms with van der Waals surface area (Å²) < 4.78 is 0. The van der Waals surface area contributed by atoms with Crippen molar-refractivity contribution in [3.8, 4) is 11.4 Å². The minimum atomic E-state index is 0.381. The van der Waals surface area contributed by atoms with E-state index in [2.05, 4.69) is 15.2 Å². The number of hydrogen-bond donors (Lipinski definition) is 1. The largest absolute Gasteiger partial charge is 0.302 e. The normalized spacial score (nSPS) is 10.1. The Kier molecular flexibility index (Phi) is 3.14. The highest BCUT2D eigenvalue weighted by Crippen LogP contribution is 2.17. The van der Waals surface area contributed by atoms with Crippen LogP contribution in [0.25, 0.3) is 11.4 Å². The highest BCUT2D eigenvalue weighted by atomic mass is 32.2. The fourth-order valence-corrected chi connectivity index (χ4v) is 1.63. The molecule has 5 heteroatoms. The minimum absolute atomic E-state index is 0.381. The van der Waals surface area contributed by atoms with Crippen LogP contribution in [0.2, 0.25) is 0 Å². The number of nitrogens with one attached hydrogen (secondary N) is 1. The molecular formula is C10H9N3OS. The zero-order valence-electron chi connectivity index (χ0n) is 7.88. The molecule has 15 heavy (non-hydrogen) atoms. The molecule has 1 aromatic heterocycles. The SMILES string of the molecule is O=CCSc1n[nH]c(-c2ccccc2)n1. The summed E-state index contributed by atoms with van der Waals surface area (Å²) in [6, 6.07) is 9.73. The predicted octanol–water partition coefficient (Wildman–Crippen LogP) is 1.76. The van der Waals surface area contributed by atoms with Crippen LogP contribution in [-0.4, -0.2) is 27.2 Å². The second kappa shape index (κ2) is 4.75. The smallest absolute Gasteiger partial charge is 0.209 e. The van der Waals surface area contributed by atoms with Gasteiger partial charge in [0, 0.05) is 5.56 Å². The molecule has 0 spiro atoms. The number of aldehydes is 1. The van der Waals surface area contributed by atoms with Gasteiger partial charge in [-0.1, -0.05) is 42.1 Å². The van der Waals surface area contributed by atoms with Crippen molar-refractivity contribution in [3.63, 3.8) is 0 Å². The maximum absolute atomic E-state index is 10.2. The Balaban J connectivity index is 2.17. The van der Waals surface area contributed by atoms with Gasteiger partial charge in [-0.15, -0.1) is 5.10 Å². The Morgan fingerprint density at radius 2 is 2.13 bits per heavy atom. The van der Waals surface area contributed by atoms with Gasteiger partial charge in [-0.2, -0.15) is 0 Å². The number of carbonyl (C=O) groups is 1. The zero-order chi connectivity index (χ0) is 10.5. The molecule has 0 aliphatic rings. The molecule has 2 rings (SSSR count). The summed E-state index contributed by atoms with van der Waals surface area (Å²) in [5.74, 6) is 1.11. The number of hydrogen-bond acceptors (Lipinski definition) is 4. The van der Waals surface area contributed by atoms with E-state index >= 15 is 0 Å². The van der Waals surface area contributed by atoms with E-state index < -0.39 is 0 Å². The molecule has 0 atom stereocenters. The molecule has 4 nitrogen and oxygen atoms in total. The third kappa shape index (κ3) is 2.44. The highest BCUT2D eigenvalue weighted by Gasteiger charge is 2.04. The molecule has 76 valence electrons. The fourth-order valence-electron chi connectivity index (χ4n) is 1.14.